The van der Waals surface area contributed by atoms with Crippen molar-refractivity contribution in [3.63, 3.8) is 0 Å². The topological polar surface area (TPSA) is 55.6 Å². The monoisotopic (exact) mass is 236 g/mol. The average Bonchev–Trinajstić information content (AvgIpc) is 2.82. The predicted octanol–water partition coefficient (Wildman–Crippen LogP) is 2.59. The zero-order valence-electron chi connectivity index (χ0n) is 9.89. The molecule has 0 radical (unpaired) electrons. The van der Waals surface area contributed by atoms with Gasteiger partial charge in [0.1, 0.15) is 11.4 Å². The number of hydrogen-bond acceptors (Lipinski definition) is 4. The van der Waals surface area contributed by atoms with Gasteiger partial charge in [-0.1, -0.05) is 0 Å². The quantitative estimate of drug-likeness (QED) is 0.595. The normalized spacial score (nSPS) is 15.0. The van der Waals surface area contributed by atoms with Crippen molar-refractivity contribution in [2.24, 2.45) is 0 Å². The van der Waals surface area contributed by atoms with E-state index in [-0.39, 0.29) is 10.6 Å². The van der Waals surface area contributed by atoms with Gasteiger partial charge in [0, 0.05) is 25.2 Å². The van der Waals surface area contributed by atoms with E-state index in [1.54, 1.807) is 12.1 Å². The first-order chi connectivity index (χ1) is 8.22. The van der Waals surface area contributed by atoms with Gasteiger partial charge in [-0.2, -0.15) is 0 Å². The van der Waals surface area contributed by atoms with Crippen LogP contribution in [0.1, 0.15) is 19.8 Å². The van der Waals surface area contributed by atoms with Gasteiger partial charge in [-0.25, -0.2) is 0 Å². The van der Waals surface area contributed by atoms with E-state index in [4.69, 9.17) is 4.74 Å². The molecule has 5 heteroatoms. The fraction of sp³-hybridized carbons (Fsp3) is 0.500. The first-order valence-electron chi connectivity index (χ1n) is 5.88. The third-order valence-electron chi connectivity index (χ3n) is 2.90. The van der Waals surface area contributed by atoms with E-state index in [0.29, 0.717) is 18.0 Å². The summed E-state index contributed by atoms with van der Waals surface area (Å²) < 4.78 is 5.39. The summed E-state index contributed by atoms with van der Waals surface area (Å²) in [6, 6.07) is 4.95. The average molecular weight is 236 g/mol. The molecule has 0 unspecified atom stereocenters. The summed E-state index contributed by atoms with van der Waals surface area (Å²) in [5, 5.41) is 11.0. The summed E-state index contributed by atoms with van der Waals surface area (Å²) in [6.45, 7) is 4.24. The van der Waals surface area contributed by atoms with Crippen LogP contribution >= 0.6 is 0 Å². The van der Waals surface area contributed by atoms with Crippen LogP contribution in [-0.2, 0) is 0 Å². The Morgan fingerprint density at radius 3 is 2.71 bits per heavy atom. The minimum absolute atomic E-state index is 0.162. The highest BCUT2D eigenvalue weighted by Crippen LogP contribution is 2.34. The van der Waals surface area contributed by atoms with Crippen LogP contribution in [0.4, 0.5) is 11.4 Å². The van der Waals surface area contributed by atoms with E-state index in [0.717, 1.165) is 25.9 Å². The summed E-state index contributed by atoms with van der Waals surface area (Å²) in [7, 11) is 0. The molecule has 1 saturated heterocycles. The van der Waals surface area contributed by atoms with Gasteiger partial charge in [0.25, 0.3) is 5.69 Å². The lowest BCUT2D eigenvalue weighted by Gasteiger charge is -2.18. The van der Waals surface area contributed by atoms with Crippen molar-refractivity contribution in [1.29, 1.82) is 0 Å². The number of nitro benzene ring substituents is 1. The molecule has 1 aromatic rings. The molecule has 0 spiro atoms. The smallest absolute Gasteiger partial charge is 0.292 e. The minimum Gasteiger partial charge on any atom is -0.494 e. The Morgan fingerprint density at radius 1 is 1.41 bits per heavy atom. The molecule has 1 aromatic carbocycles. The van der Waals surface area contributed by atoms with Crippen molar-refractivity contribution in [3.05, 3.63) is 28.3 Å². The number of nitro groups is 1. The number of benzene rings is 1. The van der Waals surface area contributed by atoms with Crippen LogP contribution in [0, 0.1) is 10.1 Å². The highest BCUT2D eigenvalue weighted by molar-refractivity contribution is 5.66. The van der Waals surface area contributed by atoms with E-state index in [1.807, 2.05) is 6.92 Å². The summed E-state index contributed by atoms with van der Waals surface area (Å²) in [4.78, 5) is 12.7. The second-order valence-corrected chi connectivity index (χ2v) is 4.03. The van der Waals surface area contributed by atoms with Crippen molar-refractivity contribution in [2.75, 3.05) is 24.6 Å². The maximum Gasteiger partial charge on any atom is 0.292 e. The molecule has 0 aliphatic carbocycles. The molecule has 0 saturated carbocycles. The maximum absolute atomic E-state index is 11.0. The van der Waals surface area contributed by atoms with Gasteiger partial charge in [-0.05, 0) is 25.8 Å². The highest BCUT2D eigenvalue weighted by atomic mass is 16.6. The summed E-state index contributed by atoms with van der Waals surface area (Å²) >= 11 is 0. The Bertz CT molecular complexity index is 414. The third-order valence-corrected chi connectivity index (χ3v) is 2.90. The molecule has 0 atom stereocenters. The Morgan fingerprint density at radius 2 is 2.12 bits per heavy atom. The van der Waals surface area contributed by atoms with E-state index < -0.39 is 0 Å². The van der Waals surface area contributed by atoms with Crippen LogP contribution in [0.15, 0.2) is 18.2 Å². The minimum atomic E-state index is -0.330. The number of nitrogens with zero attached hydrogens (tertiary/aromatic N) is 2. The van der Waals surface area contributed by atoms with Crippen molar-refractivity contribution in [1.82, 2.24) is 0 Å². The molecule has 0 amide bonds. The van der Waals surface area contributed by atoms with Crippen LogP contribution in [0.5, 0.6) is 5.75 Å². The van der Waals surface area contributed by atoms with Crippen LogP contribution < -0.4 is 9.64 Å². The van der Waals surface area contributed by atoms with Crippen LogP contribution in [0.2, 0.25) is 0 Å². The third kappa shape index (κ3) is 2.49. The van der Waals surface area contributed by atoms with Crippen molar-refractivity contribution < 1.29 is 9.66 Å². The molecule has 2 rings (SSSR count). The first kappa shape index (κ1) is 11.7. The van der Waals surface area contributed by atoms with E-state index in [1.165, 1.54) is 6.07 Å². The molecule has 92 valence electrons. The maximum atomic E-state index is 11.0. The molecular weight excluding hydrogens is 220 g/mol. The first-order valence-corrected chi connectivity index (χ1v) is 5.88. The Hall–Kier alpha value is -1.78. The summed E-state index contributed by atoms with van der Waals surface area (Å²) in [6.07, 6.45) is 2.19. The lowest BCUT2D eigenvalue weighted by molar-refractivity contribution is -0.384. The summed E-state index contributed by atoms with van der Waals surface area (Å²) in [5.74, 6) is 0.694. The molecule has 0 N–H and O–H groups in total. The standard InChI is InChI=1S/C12H16N2O3/c1-2-17-10-5-6-11(14(15)16)12(9-10)13-7-3-4-8-13/h5-6,9H,2-4,7-8H2,1H3. The number of ether oxygens (including phenoxy) is 1. The van der Waals surface area contributed by atoms with Gasteiger partial charge >= 0.3 is 0 Å². The van der Waals surface area contributed by atoms with Gasteiger partial charge in [0.05, 0.1) is 11.5 Å². The molecule has 17 heavy (non-hydrogen) atoms. The molecular formula is C12H16N2O3. The fourth-order valence-electron chi connectivity index (χ4n) is 2.13. The van der Waals surface area contributed by atoms with Crippen molar-refractivity contribution in [3.8, 4) is 5.75 Å². The molecule has 5 nitrogen and oxygen atoms in total. The van der Waals surface area contributed by atoms with Gasteiger partial charge in [-0.15, -0.1) is 0 Å². The zero-order chi connectivity index (χ0) is 12.3. The largest absolute Gasteiger partial charge is 0.494 e. The van der Waals surface area contributed by atoms with Gasteiger partial charge in [0.15, 0.2) is 0 Å². The summed E-state index contributed by atoms with van der Waals surface area (Å²) in [5.41, 5.74) is 0.841. The van der Waals surface area contributed by atoms with Gasteiger partial charge in [-0.3, -0.25) is 10.1 Å². The van der Waals surface area contributed by atoms with Crippen LogP contribution in [0.3, 0.4) is 0 Å². The molecule has 1 heterocycles. The predicted molar refractivity (Wildman–Crippen MR) is 65.7 cm³/mol. The van der Waals surface area contributed by atoms with E-state index >= 15 is 0 Å². The van der Waals surface area contributed by atoms with Crippen molar-refractivity contribution in [2.45, 2.75) is 19.8 Å². The molecule has 1 aliphatic heterocycles. The number of hydrogen-bond donors (Lipinski definition) is 0. The molecule has 1 aliphatic rings. The zero-order valence-corrected chi connectivity index (χ0v) is 9.89. The number of anilines is 1. The Kier molecular flexibility index (Phi) is 3.46. The van der Waals surface area contributed by atoms with Crippen molar-refractivity contribution >= 4 is 11.4 Å². The van der Waals surface area contributed by atoms with Crippen LogP contribution in [0.25, 0.3) is 0 Å². The Labute approximate surface area is 100 Å². The molecule has 0 aromatic heterocycles. The van der Waals surface area contributed by atoms with E-state index in [2.05, 4.69) is 4.90 Å². The second-order valence-electron chi connectivity index (χ2n) is 4.03. The lowest BCUT2D eigenvalue weighted by Crippen LogP contribution is -2.19. The lowest BCUT2D eigenvalue weighted by atomic mass is 10.2. The molecule has 1 fully saturated rings. The highest BCUT2D eigenvalue weighted by Gasteiger charge is 2.22. The van der Waals surface area contributed by atoms with E-state index in [9.17, 15) is 10.1 Å². The van der Waals surface area contributed by atoms with Gasteiger partial charge < -0.3 is 9.64 Å². The SMILES string of the molecule is CCOc1ccc([N+](=O)[O-])c(N2CCCC2)c1. The fourth-order valence-corrected chi connectivity index (χ4v) is 2.13. The molecule has 0 bridgehead atoms. The number of rotatable bonds is 4. The second kappa shape index (κ2) is 5.03. The van der Waals surface area contributed by atoms with Crippen LogP contribution in [-0.4, -0.2) is 24.6 Å². The Balaban J connectivity index is 2.35. The van der Waals surface area contributed by atoms with Gasteiger partial charge in [0.2, 0.25) is 0 Å².